The fourth-order valence-electron chi connectivity index (χ4n) is 4.13. The third kappa shape index (κ3) is 5.22. The number of nitrogens with zero attached hydrogens (tertiary/aromatic N) is 3. The summed E-state index contributed by atoms with van der Waals surface area (Å²) in [6, 6.07) is 20.7. The molecule has 1 aromatic heterocycles. The molecule has 3 aromatic carbocycles. The van der Waals surface area contributed by atoms with E-state index in [0.717, 1.165) is 28.0 Å². The van der Waals surface area contributed by atoms with Gasteiger partial charge in [0.1, 0.15) is 0 Å². The van der Waals surface area contributed by atoms with E-state index >= 15 is 0 Å². The Morgan fingerprint density at radius 2 is 1.49 bits per heavy atom. The van der Waals surface area contributed by atoms with E-state index in [-0.39, 0.29) is 5.41 Å². The Labute approximate surface area is 212 Å². The number of thioether (sulfide) groups is 1. The average molecular weight is 488 g/mol. The smallest absolute Gasteiger partial charge is 0.196 e. The number of hydrogen-bond donors (Lipinski definition) is 0. The van der Waals surface area contributed by atoms with Gasteiger partial charge in [0, 0.05) is 17.4 Å². The summed E-state index contributed by atoms with van der Waals surface area (Å²) < 4.78 is 13.1. The largest absolute Gasteiger partial charge is 0.493 e. The molecule has 35 heavy (non-hydrogen) atoms. The lowest BCUT2D eigenvalue weighted by Crippen LogP contribution is -2.12. The summed E-state index contributed by atoms with van der Waals surface area (Å²) >= 11 is 1.69. The molecule has 0 saturated heterocycles. The molecule has 0 aliphatic carbocycles. The van der Waals surface area contributed by atoms with Gasteiger partial charge in [-0.1, -0.05) is 75.0 Å². The van der Waals surface area contributed by atoms with Crippen molar-refractivity contribution in [3.8, 4) is 28.6 Å². The lowest BCUT2D eigenvalue weighted by molar-refractivity contribution is 0.355. The van der Waals surface area contributed by atoms with Gasteiger partial charge in [-0.25, -0.2) is 0 Å². The van der Waals surface area contributed by atoms with E-state index in [4.69, 9.17) is 9.47 Å². The maximum Gasteiger partial charge on any atom is 0.196 e. The molecule has 0 spiro atoms. The van der Waals surface area contributed by atoms with Crippen LogP contribution in [-0.2, 0) is 11.2 Å². The van der Waals surface area contributed by atoms with Crippen LogP contribution in [0.1, 0.15) is 43.0 Å². The second-order valence-corrected chi connectivity index (χ2v) is 10.6. The second-order valence-electron chi connectivity index (χ2n) is 9.67. The molecule has 1 heterocycles. The zero-order valence-electron chi connectivity index (χ0n) is 21.5. The van der Waals surface area contributed by atoms with Crippen molar-refractivity contribution in [3.63, 3.8) is 0 Å². The molecule has 0 unspecified atom stereocenters. The van der Waals surface area contributed by atoms with Gasteiger partial charge in [0.2, 0.25) is 0 Å². The molecule has 0 aliphatic rings. The molecular formula is C29H33N3O2S. The standard InChI is InChI=1S/C29H33N3O2S/c1-19-15-22(29(3,4)5)16-20(2)24(19)18-35-28-31-30-27(21-11-9-8-10-12-21)32(28)23-13-14-25(33-6)26(17-23)34-7/h8-17H,18H2,1-7H3. The molecule has 5 nitrogen and oxygen atoms in total. The highest BCUT2D eigenvalue weighted by molar-refractivity contribution is 7.98. The van der Waals surface area contributed by atoms with Crippen molar-refractivity contribution in [2.75, 3.05) is 14.2 Å². The Bertz CT molecular complexity index is 1300. The molecule has 0 N–H and O–H groups in total. The predicted molar refractivity (Wildman–Crippen MR) is 144 cm³/mol. The first kappa shape index (κ1) is 24.9. The third-order valence-electron chi connectivity index (χ3n) is 6.20. The summed E-state index contributed by atoms with van der Waals surface area (Å²) in [5.74, 6) is 2.95. The maximum absolute atomic E-state index is 5.57. The van der Waals surface area contributed by atoms with E-state index in [2.05, 4.69) is 73.6 Å². The monoisotopic (exact) mass is 487 g/mol. The van der Waals surface area contributed by atoms with Gasteiger partial charge in [0.05, 0.1) is 19.9 Å². The molecule has 0 amide bonds. The Morgan fingerprint density at radius 3 is 2.09 bits per heavy atom. The van der Waals surface area contributed by atoms with Gasteiger partial charge < -0.3 is 9.47 Å². The second kappa shape index (κ2) is 10.2. The fourth-order valence-corrected chi connectivity index (χ4v) is 5.27. The van der Waals surface area contributed by atoms with Crippen LogP contribution in [0.25, 0.3) is 17.1 Å². The molecule has 0 fully saturated rings. The summed E-state index contributed by atoms with van der Waals surface area (Å²) in [7, 11) is 3.29. The highest BCUT2D eigenvalue weighted by Crippen LogP contribution is 2.36. The molecule has 6 heteroatoms. The third-order valence-corrected chi connectivity index (χ3v) is 7.15. The number of aryl methyl sites for hydroxylation is 2. The number of hydrogen-bond acceptors (Lipinski definition) is 5. The van der Waals surface area contributed by atoms with Crippen molar-refractivity contribution in [1.82, 2.24) is 14.8 Å². The zero-order valence-corrected chi connectivity index (χ0v) is 22.4. The Balaban J connectivity index is 1.75. The molecular weight excluding hydrogens is 454 g/mol. The zero-order chi connectivity index (χ0) is 25.2. The van der Waals surface area contributed by atoms with Gasteiger partial charge in [-0.2, -0.15) is 0 Å². The molecule has 0 radical (unpaired) electrons. The number of methoxy groups -OCH3 is 2. The van der Waals surface area contributed by atoms with Crippen molar-refractivity contribution in [2.45, 2.75) is 50.9 Å². The molecule has 0 atom stereocenters. The van der Waals surface area contributed by atoms with Crippen LogP contribution < -0.4 is 9.47 Å². The summed E-state index contributed by atoms with van der Waals surface area (Å²) in [6.07, 6.45) is 0. The van der Waals surface area contributed by atoms with E-state index in [0.29, 0.717) is 11.5 Å². The van der Waals surface area contributed by atoms with Crippen LogP contribution in [0.15, 0.2) is 65.8 Å². The summed E-state index contributed by atoms with van der Waals surface area (Å²) in [5, 5.41) is 10.0. The minimum atomic E-state index is 0.124. The Morgan fingerprint density at radius 1 is 0.829 bits per heavy atom. The number of benzene rings is 3. The maximum atomic E-state index is 5.57. The topological polar surface area (TPSA) is 49.2 Å². The van der Waals surface area contributed by atoms with Crippen molar-refractivity contribution in [2.24, 2.45) is 0 Å². The lowest BCUT2D eigenvalue weighted by Gasteiger charge is -2.22. The van der Waals surface area contributed by atoms with Crippen LogP contribution in [0.4, 0.5) is 0 Å². The van der Waals surface area contributed by atoms with Crippen LogP contribution in [0.2, 0.25) is 0 Å². The first-order valence-electron chi connectivity index (χ1n) is 11.7. The Kier molecular flexibility index (Phi) is 7.22. The lowest BCUT2D eigenvalue weighted by atomic mass is 9.84. The van der Waals surface area contributed by atoms with Gasteiger partial charge in [0.15, 0.2) is 22.5 Å². The molecule has 4 rings (SSSR count). The van der Waals surface area contributed by atoms with E-state index in [1.165, 1.54) is 22.3 Å². The molecule has 182 valence electrons. The van der Waals surface area contributed by atoms with Crippen LogP contribution in [0, 0.1) is 13.8 Å². The first-order chi connectivity index (χ1) is 16.7. The van der Waals surface area contributed by atoms with Crippen LogP contribution in [0.3, 0.4) is 0 Å². The normalized spacial score (nSPS) is 11.5. The van der Waals surface area contributed by atoms with Gasteiger partial charge in [-0.15, -0.1) is 10.2 Å². The van der Waals surface area contributed by atoms with Crippen LogP contribution in [-0.4, -0.2) is 29.0 Å². The average Bonchev–Trinajstić information content (AvgIpc) is 3.26. The SMILES string of the molecule is COc1ccc(-n2c(SCc3c(C)cc(C(C)(C)C)cc3C)nnc2-c2ccccc2)cc1OC. The van der Waals surface area contributed by atoms with E-state index in [1.54, 1.807) is 26.0 Å². The van der Waals surface area contributed by atoms with Crippen LogP contribution in [0.5, 0.6) is 11.5 Å². The summed E-state index contributed by atoms with van der Waals surface area (Å²) in [6.45, 7) is 11.2. The van der Waals surface area contributed by atoms with Crippen LogP contribution >= 0.6 is 11.8 Å². The molecule has 4 aromatic rings. The number of ether oxygens (including phenoxy) is 2. The van der Waals surface area contributed by atoms with Crippen molar-refractivity contribution >= 4 is 11.8 Å². The van der Waals surface area contributed by atoms with Crippen molar-refractivity contribution in [3.05, 3.63) is 82.9 Å². The quantitative estimate of drug-likeness (QED) is 0.259. The van der Waals surface area contributed by atoms with Crippen molar-refractivity contribution < 1.29 is 9.47 Å². The van der Waals surface area contributed by atoms with E-state index in [9.17, 15) is 0 Å². The minimum absolute atomic E-state index is 0.124. The fraction of sp³-hybridized carbons (Fsp3) is 0.310. The van der Waals surface area contributed by atoms with E-state index < -0.39 is 0 Å². The Hall–Kier alpha value is -3.25. The minimum Gasteiger partial charge on any atom is -0.493 e. The summed E-state index contributed by atoms with van der Waals surface area (Å²) in [4.78, 5) is 0. The van der Waals surface area contributed by atoms with Gasteiger partial charge in [-0.05, 0) is 53.6 Å². The van der Waals surface area contributed by atoms with Crippen molar-refractivity contribution in [1.29, 1.82) is 0 Å². The highest BCUT2D eigenvalue weighted by Gasteiger charge is 2.20. The van der Waals surface area contributed by atoms with Gasteiger partial charge in [0.25, 0.3) is 0 Å². The first-order valence-corrected chi connectivity index (χ1v) is 12.7. The van der Waals surface area contributed by atoms with Gasteiger partial charge in [-0.3, -0.25) is 4.57 Å². The molecule has 0 saturated carbocycles. The number of rotatable bonds is 7. The van der Waals surface area contributed by atoms with Gasteiger partial charge >= 0.3 is 0 Å². The predicted octanol–water partition coefficient (Wildman–Crippen LogP) is 7.16. The molecule has 0 bridgehead atoms. The number of aromatic nitrogens is 3. The summed E-state index contributed by atoms with van der Waals surface area (Å²) in [5.41, 5.74) is 7.37. The highest BCUT2D eigenvalue weighted by atomic mass is 32.2. The van der Waals surface area contributed by atoms with E-state index in [1.807, 2.05) is 36.4 Å². The molecule has 0 aliphatic heterocycles.